The maximum Gasteiger partial charge on any atom is 0.0579 e. The van der Waals surface area contributed by atoms with E-state index in [2.05, 4.69) is 39.4 Å². The Labute approximate surface area is 110 Å². The number of nitrogens with one attached hydrogen (secondary N) is 1. The van der Waals surface area contributed by atoms with Gasteiger partial charge in [0.15, 0.2) is 0 Å². The number of aliphatic hydroxyl groups excluding tert-OH is 1. The molecule has 1 saturated heterocycles. The molecule has 0 unspecified atom stereocenters. The van der Waals surface area contributed by atoms with Crippen LogP contribution < -0.4 is 5.32 Å². The van der Waals surface area contributed by atoms with E-state index in [1.165, 1.54) is 5.56 Å². The van der Waals surface area contributed by atoms with Crippen molar-refractivity contribution in [3.8, 4) is 0 Å². The van der Waals surface area contributed by atoms with E-state index in [1.54, 1.807) is 0 Å². The van der Waals surface area contributed by atoms with Crippen molar-refractivity contribution in [1.29, 1.82) is 0 Å². The van der Waals surface area contributed by atoms with Crippen LogP contribution in [0.3, 0.4) is 0 Å². The van der Waals surface area contributed by atoms with E-state index in [1.807, 2.05) is 6.07 Å². The van der Waals surface area contributed by atoms with Gasteiger partial charge in [0.25, 0.3) is 0 Å². The normalized spacial score (nSPS) is 17.8. The number of hydrogen-bond donors (Lipinski definition) is 2. The van der Waals surface area contributed by atoms with Crippen LogP contribution in [-0.2, 0) is 11.2 Å². The summed E-state index contributed by atoms with van der Waals surface area (Å²) < 4.78 is 6.31. The molecule has 1 aromatic rings. The van der Waals surface area contributed by atoms with Crippen molar-refractivity contribution in [2.24, 2.45) is 5.41 Å². The van der Waals surface area contributed by atoms with Gasteiger partial charge < -0.3 is 15.2 Å². The molecule has 0 aliphatic carbocycles. The molecule has 0 amide bonds. The van der Waals surface area contributed by atoms with Gasteiger partial charge in [0, 0.05) is 11.0 Å². The average molecular weight is 300 g/mol. The molecule has 1 fully saturated rings. The Balaban J connectivity index is 1.71. The van der Waals surface area contributed by atoms with E-state index in [4.69, 9.17) is 4.74 Å². The Kier molecular flexibility index (Phi) is 4.56. The number of halogens is 1. The van der Waals surface area contributed by atoms with Crippen LogP contribution >= 0.6 is 15.9 Å². The molecule has 4 heteroatoms. The second-order valence-electron chi connectivity index (χ2n) is 4.67. The first-order chi connectivity index (χ1) is 8.26. The van der Waals surface area contributed by atoms with Crippen molar-refractivity contribution in [2.75, 3.05) is 32.9 Å². The Bertz CT molecular complexity index is 361. The molecule has 1 aromatic carbocycles. The number of rotatable bonds is 6. The van der Waals surface area contributed by atoms with E-state index in [0.29, 0.717) is 13.2 Å². The summed E-state index contributed by atoms with van der Waals surface area (Å²) in [5, 5.41) is 12.7. The summed E-state index contributed by atoms with van der Waals surface area (Å²) in [6.45, 7) is 3.30. The van der Waals surface area contributed by atoms with E-state index >= 15 is 0 Å². The third kappa shape index (κ3) is 3.28. The van der Waals surface area contributed by atoms with Crippen LogP contribution in [0.2, 0.25) is 0 Å². The van der Waals surface area contributed by atoms with Gasteiger partial charge in [-0.2, -0.15) is 0 Å². The summed E-state index contributed by atoms with van der Waals surface area (Å²) in [6, 6.07) is 8.26. The van der Waals surface area contributed by atoms with Gasteiger partial charge >= 0.3 is 0 Å². The highest BCUT2D eigenvalue weighted by Gasteiger charge is 2.37. The second-order valence-corrected chi connectivity index (χ2v) is 5.52. The van der Waals surface area contributed by atoms with Crippen LogP contribution in [0.25, 0.3) is 0 Å². The van der Waals surface area contributed by atoms with Crippen LogP contribution in [0, 0.1) is 5.41 Å². The van der Waals surface area contributed by atoms with Gasteiger partial charge in [-0.15, -0.1) is 0 Å². The molecule has 94 valence electrons. The first-order valence-corrected chi connectivity index (χ1v) is 6.68. The number of benzene rings is 1. The lowest BCUT2D eigenvalue weighted by atomic mass is 9.87. The highest BCUT2D eigenvalue weighted by atomic mass is 79.9. The molecule has 0 radical (unpaired) electrons. The van der Waals surface area contributed by atoms with Crippen LogP contribution in [0.4, 0.5) is 0 Å². The van der Waals surface area contributed by atoms with Crippen LogP contribution in [0.1, 0.15) is 5.56 Å². The fourth-order valence-electron chi connectivity index (χ4n) is 1.92. The quantitative estimate of drug-likeness (QED) is 0.784. The molecule has 0 spiro atoms. The molecule has 2 N–H and O–H groups in total. The fourth-order valence-corrected chi connectivity index (χ4v) is 2.40. The minimum absolute atomic E-state index is 0.0338. The second kappa shape index (κ2) is 5.96. The summed E-state index contributed by atoms with van der Waals surface area (Å²) in [6.07, 6.45) is 0.990. The third-order valence-corrected chi connectivity index (χ3v) is 3.95. The SMILES string of the molecule is OCC1(CNCCc2ccccc2Br)COC1. The first kappa shape index (κ1) is 13.0. The minimum Gasteiger partial charge on any atom is -0.396 e. The van der Waals surface area contributed by atoms with Gasteiger partial charge in [0.2, 0.25) is 0 Å². The van der Waals surface area contributed by atoms with Gasteiger partial charge in [-0.1, -0.05) is 34.1 Å². The monoisotopic (exact) mass is 299 g/mol. The average Bonchev–Trinajstić information content (AvgIpc) is 2.29. The molecule has 0 saturated carbocycles. The largest absolute Gasteiger partial charge is 0.396 e. The highest BCUT2D eigenvalue weighted by Crippen LogP contribution is 2.25. The van der Waals surface area contributed by atoms with Crippen LogP contribution in [-0.4, -0.2) is 38.0 Å². The highest BCUT2D eigenvalue weighted by molar-refractivity contribution is 9.10. The zero-order valence-electron chi connectivity index (χ0n) is 9.79. The van der Waals surface area contributed by atoms with Crippen LogP contribution in [0.5, 0.6) is 0 Å². The van der Waals surface area contributed by atoms with Gasteiger partial charge in [-0.3, -0.25) is 0 Å². The zero-order chi connectivity index (χ0) is 12.1. The maximum atomic E-state index is 9.27. The van der Waals surface area contributed by atoms with E-state index in [9.17, 15) is 5.11 Å². The number of aliphatic hydroxyl groups is 1. The molecule has 1 aliphatic heterocycles. The molecule has 3 nitrogen and oxygen atoms in total. The summed E-state index contributed by atoms with van der Waals surface area (Å²) in [5.41, 5.74) is 1.27. The van der Waals surface area contributed by atoms with Crippen molar-refractivity contribution in [3.05, 3.63) is 34.3 Å². The number of hydrogen-bond acceptors (Lipinski definition) is 3. The molecule has 1 aliphatic rings. The van der Waals surface area contributed by atoms with Crippen molar-refractivity contribution < 1.29 is 9.84 Å². The smallest absolute Gasteiger partial charge is 0.0579 e. The van der Waals surface area contributed by atoms with Crippen molar-refractivity contribution in [2.45, 2.75) is 6.42 Å². The van der Waals surface area contributed by atoms with E-state index in [-0.39, 0.29) is 12.0 Å². The lowest BCUT2D eigenvalue weighted by molar-refractivity contribution is -0.134. The van der Waals surface area contributed by atoms with E-state index < -0.39 is 0 Å². The molecule has 17 heavy (non-hydrogen) atoms. The number of ether oxygens (including phenoxy) is 1. The topological polar surface area (TPSA) is 41.5 Å². The zero-order valence-corrected chi connectivity index (χ0v) is 11.4. The Morgan fingerprint density at radius 1 is 1.35 bits per heavy atom. The molecule has 2 rings (SSSR count). The van der Waals surface area contributed by atoms with Crippen molar-refractivity contribution in [1.82, 2.24) is 5.32 Å². The Hall–Kier alpha value is -0.420. The fraction of sp³-hybridized carbons (Fsp3) is 0.538. The van der Waals surface area contributed by atoms with Crippen molar-refractivity contribution in [3.63, 3.8) is 0 Å². The summed E-state index contributed by atoms with van der Waals surface area (Å²) in [5.74, 6) is 0. The van der Waals surface area contributed by atoms with Gasteiger partial charge in [0.1, 0.15) is 0 Å². The van der Waals surface area contributed by atoms with Gasteiger partial charge in [-0.25, -0.2) is 0 Å². The maximum absolute atomic E-state index is 9.27. The predicted octanol–water partition coefficient (Wildman–Crippen LogP) is 1.59. The lowest BCUT2D eigenvalue weighted by Crippen LogP contribution is -2.52. The molecule has 0 bridgehead atoms. The summed E-state index contributed by atoms with van der Waals surface area (Å²) in [7, 11) is 0. The Morgan fingerprint density at radius 2 is 2.12 bits per heavy atom. The first-order valence-electron chi connectivity index (χ1n) is 5.88. The van der Waals surface area contributed by atoms with Crippen molar-refractivity contribution >= 4 is 15.9 Å². The van der Waals surface area contributed by atoms with Gasteiger partial charge in [0.05, 0.1) is 25.2 Å². The third-order valence-electron chi connectivity index (χ3n) is 3.18. The molecule has 0 aromatic heterocycles. The van der Waals surface area contributed by atoms with E-state index in [0.717, 1.165) is 24.0 Å². The lowest BCUT2D eigenvalue weighted by Gasteiger charge is -2.40. The molecular weight excluding hydrogens is 282 g/mol. The predicted molar refractivity (Wildman–Crippen MR) is 71.1 cm³/mol. The standard InChI is InChI=1S/C13H18BrNO2/c14-12-4-2-1-3-11(12)5-6-15-7-13(8-16)9-17-10-13/h1-4,15-16H,5-10H2. The van der Waals surface area contributed by atoms with Gasteiger partial charge in [-0.05, 0) is 24.6 Å². The molecular formula is C13H18BrNO2. The molecule has 0 atom stereocenters. The Morgan fingerprint density at radius 3 is 2.71 bits per heavy atom. The van der Waals surface area contributed by atoms with Crippen LogP contribution in [0.15, 0.2) is 28.7 Å². The summed E-state index contributed by atoms with van der Waals surface area (Å²) >= 11 is 3.54. The minimum atomic E-state index is -0.0338. The molecule has 1 heterocycles. The summed E-state index contributed by atoms with van der Waals surface area (Å²) in [4.78, 5) is 0.